The predicted molar refractivity (Wildman–Crippen MR) is 59.5 cm³/mol. The molecule has 0 saturated heterocycles. The van der Waals surface area contributed by atoms with Crippen LogP contribution in [0.25, 0.3) is 0 Å². The molecule has 0 fully saturated rings. The van der Waals surface area contributed by atoms with Crippen molar-refractivity contribution in [2.24, 2.45) is 0 Å². The number of fused-ring (bicyclic) bond motifs is 1. The van der Waals surface area contributed by atoms with Gasteiger partial charge >= 0.3 is 0 Å². The third-order valence-electron chi connectivity index (χ3n) is 2.32. The molecule has 1 aromatic rings. The molecule has 3 heteroatoms. The lowest BCUT2D eigenvalue weighted by atomic mass is 10.0. The maximum absolute atomic E-state index is 10.7. The van der Waals surface area contributed by atoms with Gasteiger partial charge in [-0.1, -0.05) is 6.07 Å². The van der Waals surface area contributed by atoms with E-state index in [0.29, 0.717) is 0 Å². The van der Waals surface area contributed by atoms with Gasteiger partial charge < -0.3 is 4.79 Å². The molecule has 2 nitrogen and oxygen atoms in total. The quantitative estimate of drug-likeness (QED) is 0.632. The third-order valence-corrected chi connectivity index (χ3v) is 3.21. The number of nitrogens with one attached hydrogen (secondary N) is 1. The van der Waals surface area contributed by atoms with Gasteiger partial charge in [-0.3, -0.25) is 5.32 Å². The highest BCUT2D eigenvalue weighted by atomic mass is 127. The molecule has 0 saturated carbocycles. The van der Waals surface area contributed by atoms with Crippen LogP contribution in [0.3, 0.4) is 0 Å². The topological polar surface area (TPSA) is 29.1 Å². The molecule has 0 aliphatic carbocycles. The SMILES string of the molecule is Cc1cc(I)c2c(c1)CNC2C=O. The Balaban J connectivity index is 2.57. The molecule has 1 heterocycles. The van der Waals surface area contributed by atoms with Crippen molar-refractivity contribution in [3.05, 3.63) is 32.4 Å². The molecule has 1 unspecified atom stereocenters. The average molecular weight is 287 g/mol. The third kappa shape index (κ3) is 1.50. The van der Waals surface area contributed by atoms with Gasteiger partial charge in [0, 0.05) is 10.1 Å². The number of rotatable bonds is 1. The van der Waals surface area contributed by atoms with Gasteiger partial charge in [0.15, 0.2) is 0 Å². The monoisotopic (exact) mass is 287 g/mol. The van der Waals surface area contributed by atoms with E-state index in [2.05, 4.69) is 47.0 Å². The summed E-state index contributed by atoms with van der Waals surface area (Å²) in [5.74, 6) is 0. The number of hydrogen-bond acceptors (Lipinski definition) is 2. The molecule has 2 rings (SSSR count). The highest BCUT2D eigenvalue weighted by Crippen LogP contribution is 2.29. The summed E-state index contributed by atoms with van der Waals surface area (Å²) in [6.45, 7) is 2.90. The van der Waals surface area contributed by atoms with Crippen LogP contribution in [0.5, 0.6) is 0 Å². The van der Waals surface area contributed by atoms with E-state index in [1.165, 1.54) is 20.3 Å². The fraction of sp³-hybridized carbons (Fsp3) is 0.300. The van der Waals surface area contributed by atoms with E-state index in [0.717, 1.165) is 12.8 Å². The summed E-state index contributed by atoms with van der Waals surface area (Å²) in [6.07, 6.45) is 0.976. The molecule has 0 spiro atoms. The zero-order valence-electron chi connectivity index (χ0n) is 7.30. The smallest absolute Gasteiger partial charge is 0.141 e. The first-order valence-corrected chi connectivity index (χ1v) is 5.28. The van der Waals surface area contributed by atoms with Crippen LogP contribution >= 0.6 is 22.6 Å². The molecule has 1 aliphatic rings. The molecule has 1 aromatic carbocycles. The summed E-state index contributed by atoms with van der Waals surface area (Å²) < 4.78 is 1.19. The Morgan fingerprint density at radius 2 is 2.38 bits per heavy atom. The number of benzene rings is 1. The normalized spacial score (nSPS) is 20.0. The maximum Gasteiger partial charge on any atom is 0.141 e. The molecular weight excluding hydrogens is 277 g/mol. The van der Waals surface area contributed by atoms with E-state index in [1.807, 2.05) is 0 Å². The van der Waals surface area contributed by atoms with Gasteiger partial charge in [0.05, 0.1) is 6.04 Å². The largest absolute Gasteiger partial charge is 0.301 e. The highest BCUT2D eigenvalue weighted by Gasteiger charge is 2.23. The number of carbonyl (C=O) groups excluding carboxylic acids is 1. The van der Waals surface area contributed by atoms with Crippen molar-refractivity contribution < 1.29 is 4.79 Å². The van der Waals surface area contributed by atoms with E-state index in [9.17, 15) is 4.79 Å². The van der Waals surface area contributed by atoms with Crippen molar-refractivity contribution >= 4 is 28.9 Å². The van der Waals surface area contributed by atoms with Gasteiger partial charge in [-0.25, -0.2) is 0 Å². The average Bonchev–Trinajstić information content (AvgIpc) is 2.47. The summed E-state index contributed by atoms with van der Waals surface area (Å²) in [4.78, 5) is 10.7. The molecular formula is C10H10INO. The first-order chi connectivity index (χ1) is 6.22. The molecule has 0 radical (unpaired) electrons. The molecule has 13 heavy (non-hydrogen) atoms. The summed E-state index contributed by atoms with van der Waals surface area (Å²) in [7, 11) is 0. The second-order valence-electron chi connectivity index (χ2n) is 3.31. The van der Waals surface area contributed by atoms with E-state index in [4.69, 9.17) is 0 Å². The van der Waals surface area contributed by atoms with Gasteiger partial charge in [0.2, 0.25) is 0 Å². The van der Waals surface area contributed by atoms with Gasteiger partial charge in [0.1, 0.15) is 6.29 Å². The maximum atomic E-state index is 10.7. The van der Waals surface area contributed by atoms with Crippen molar-refractivity contribution in [1.82, 2.24) is 5.32 Å². The minimum Gasteiger partial charge on any atom is -0.301 e. The number of hydrogen-bond donors (Lipinski definition) is 1. The summed E-state index contributed by atoms with van der Waals surface area (Å²) in [5, 5.41) is 3.17. The van der Waals surface area contributed by atoms with Crippen LogP contribution in [0.2, 0.25) is 0 Å². The molecule has 0 bridgehead atoms. The molecule has 0 amide bonds. The zero-order chi connectivity index (χ0) is 9.42. The lowest BCUT2D eigenvalue weighted by Gasteiger charge is -2.06. The molecule has 1 atom stereocenters. The standard InChI is InChI=1S/C10H10INO/c1-6-2-7-4-12-9(5-13)10(7)8(11)3-6/h2-3,5,9,12H,4H2,1H3. The van der Waals surface area contributed by atoms with Crippen LogP contribution in [-0.2, 0) is 11.3 Å². The lowest BCUT2D eigenvalue weighted by molar-refractivity contribution is -0.109. The Morgan fingerprint density at radius 1 is 1.62 bits per heavy atom. The molecule has 1 N–H and O–H groups in total. The van der Waals surface area contributed by atoms with Gasteiger partial charge in [0.25, 0.3) is 0 Å². The summed E-state index contributed by atoms with van der Waals surface area (Å²) in [5.41, 5.74) is 3.69. The van der Waals surface area contributed by atoms with Crippen LogP contribution in [-0.4, -0.2) is 6.29 Å². The highest BCUT2D eigenvalue weighted by molar-refractivity contribution is 14.1. The Kier molecular flexibility index (Phi) is 2.38. The van der Waals surface area contributed by atoms with Crippen LogP contribution in [0.1, 0.15) is 22.7 Å². The van der Waals surface area contributed by atoms with Crippen LogP contribution < -0.4 is 5.32 Å². The van der Waals surface area contributed by atoms with Gasteiger partial charge in [-0.05, 0) is 52.3 Å². The Hall–Kier alpha value is -0.420. The van der Waals surface area contributed by atoms with Crippen LogP contribution in [0.4, 0.5) is 0 Å². The zero-order valence-corrected chi connectivity index (χ0v) is 9.46. The number of aryl methyl sites for hydroxylation is 1. The first-order valence-electron chi connectivity index (χ1n) is 4.20. The van der Waals surface area contributed by atoms with Gasteiger partial charge in [-0.2, -0.15) is 0 Å². The first kappa shape index (κ1) is 9.15. The van der Waals surface area contributed by atoms with E-state index < -0.39 is 0 Å². The van der Waals surface area contributed by atoms with Crippen LogP contribution in [0.15, 0.2) is 12.1 Å². The van der Waals surface area contributed by atoms with Crippen LogP contribution in [0, 0.1) is 10.5 Å². The second kappa shape index (κ2) is 3.38. The fourth-order valence-corrected chi connectivity index (χ4v) is 2.93. The minimum atomic E-state index is -0.0949. The fourth-order valence-electron chi connectivity index (χ4n) is 1.76. The van der Waals surface area contributed by atoms with Gasteiger partial charge in [-0.15, -0.1) is 0 Å². The van der Waals surface area contributed by atoms with Crippen molar-refractivity contribution in [3.63, 3.8) is 0 Å². The molecule has 0 aromatic heterocycles. The van der Waals surface area contributed by atoms with E-state index in [1.54, 1.807) is 0 Å². The summed E-state index contributed by atoms with van der Waals surface area (Å²) >= 11 is 2.29. The second-order valence-corrected chi connectivity index (χ2v) is 4.48. The summed E-state index contributed by atoms with van der Waals surface area (Å²) in [6, 6.07) is 4.17. The van der Waals surface area contributed by atoms with Crippen molar-refractivity contribution in [1.29, 1.82) is 0 Å². The minimum absolute atomic E-state index is 0.0949. The van der Waals surface area contributed by atoms with E-state index >= 15 is 0 Å². The Morgan fingerprint density at radius 3 is 3.08 bits per heavy atom. The van der Waals surface area contributed by atoms with Crippen molar-refractivity contribution in [2.75, 3.05) is 0 Å². The van der Waals surface area contributed by atoms with Crippen molar-refractivity contribution in [2.45, 2.75) is 19.5 Å². The predicted octanol–water partition coefficient (Wildman–Crippen LogP) is 1.94. The Labute approximate surface area is 90.9 Å². The molecule has 1 aliphatic heterocycles. The van der Waals surface area contributed by atoms with Crippen molar-refractivity contribution in [3.8, 4) is 0 Å². The van der Waals surface area contributed by atoms with E-state index in [-0.39, 0.29) is 6.04 Å². The number of aldehydes is 1. The lowest BCUT2D eigenvalue weighted by Crippen LogP contribution is -2.13. The molecule has 68 valence electrons. The number of halogens is 1. The number of carbonyl (C=O) groups is 1. The Bertz CT molecular complexity index is 362.